The zero-order valence-electron chi connectivity index (χ0n) is 12.1. The molecule has 0 aromatic heterocycles. The molecule has 0 saturated carbocycles. The van der Waals surface area contributed by atoms with Gasteiger partial charge in [-0.25, -0.2) is 0 Å². The number of methoxy groups -OCH3 is 1. The lowest BCUT2D eigenvalue weighted by molar-refractivity contribution is 0.0524. The number of benzene rings is 1. The highest BCUT2D eigenvalue weighted by atomic mass is 16.5. The van der Waals surface area contributed by atoms with Crippen LogP contribution in [0.5, 0.6) is 11.5 Å². The SMILES string of the molecule is COc1ccccc1OC(C)(C)CN1CCNCC1. The van der Waals surface area contributed by atoms with Gasteiger partial charge in [0.25, 0.3) is 0 Å². The van der Waals surface area contributed by atoms with Gasteiger partial charge in [0.2, 0.25) is 0 Å². The number of nitrogens with one attached hydrogen (secondary N) is 1. The molecule has 4 nitrogen and oxygen atoms in total. The molecule has 1 heterocycles. The van der Waals surface area contributed by atoms with Gasteiger partial charge >= 0.3 is 0 Å². The van der Waals surface area contributed by atoms with E-state index in [0.29, 0.717) is 0 Å². The predicted molar refractivity (Wildman–Crippen MR) is 77.0 cm³/mol. The van der Waals surface area contributed by atoms with E-state index in [2.05, 4.69) is 24.1 Å². The second kappa shape index (κ2) is 6.26. The van der Waals surface area contributed by atoms with Gasteiger partial charge in [-0.2, -0.15) is 0 Å². The summed E-state index contributed by atoms with van der Waals surface area (Å²) < 4.78 is 11.5. The molecule has 1 aromatic carbocycles. The Kier molecular flexibility index (Phi) is 4.66. The number of hydrogen-bond donors (Lipinski definition) is 1. The standard InChI is InChI=1S/C15H24N2O2/c1-15(2,12-17-10-8-16-9-11-17)19-14-7-5-4-6-13(14)18-3/h4-7,16H,8-12H2,1-3H3. The van der Waals surface area contributed by atoms with Crippen molar-refractivity contribution in [2.75, 3.05) is 39.8 Å². The number of hydrogen-bond acceptors (Lipinski definition) is 4. The van der Waals surface area contributed by atoms with Gasteiger partial charge in [0.1, 0.15) is 5.60 Å². The van der Waals surface area contributed by atoms with Crippen LogP contribution in [-0.4, -0.2) is 50.3 Å². The van der Waals surface area contributed by atoms with E-state index >= 15 is 0 Å². The van der Waals surface area contributed by atoms with Crippen LogP contribution in [0.15, 0.2) is 24.3 Å². The first-order valence-electron chi connectivity index (χ1n) is 6.86. The van der Waals surface area contributed by atoms with Crippen LogP contribution in [0.3, 0.4) is 0 Å². The topological polar surface area (TPSA) is 33.7 Å². The Morgan fingerprint density at radius 1 is 1.16 bits per heavy atom. The first-order valence-corrected chi connectivity index (χ1v) is 6.86. The first-order chi connectivity index (χ1) is 9.11. The van der Waals surface area contributed by atoms with Crippen LogP contribution >= 0.6 is 0 Å². The van der Waals surface area contributed by atoms with Crippen molar-refractivity contribution >= 4 is 0 Å². The second-order valence-corrected chi connectivity index (χ2v) is 5.54. The molecule has 106 valence electrons. The Morgan fingerprint density at radius 3 is 2.42 bits per heavy atom. The largest absolute Gasteiger partial charge is 0.493 e. The molecule has 0 unspecified atom stereocenters. The minimum absolute atomic E-state index is 0.230. The van der Waals surface area contributed by atoms with Crippen molar-refractivity contribution in [1.29, 1.82) is 0 Å². The maximum absolute atomic E-state index is 6.14. The van der Waals surface area contributed by atoms with Crippen LogP contribution < -0.4 is 14.8 Å². The average molecular weight is 264 g/mol. The van der Waals surface area contributed by atoms with Crippen molar-refractivity contribution in [3.63, 3.8) is 0 Å². The van der Waals surface area contributed by atoms with Crippen LogP contribution in [0.2, 0.25) is 0 Å². The van der Waals surface area contributed by atoms with Crippen LogP contribution in [-0.2, 0) is 0 Å². The molecular weight excluding hydrogens is 240 g/mol. The zero-order valence-corrected chi connectivity index (χ0v) is 12.1. The molecule has 1 aliphatic rings. The van der Waals surface area contributed by atoms with E-state index in [0.717, 1.165) is 44.2 Å². The minimum atomic E-state index is -0.230. The van der Waals surface area contributed by atoms with Crippen molar-refractivity contribution in [3.05, 3.63) is 24.3 Å². The van der Waals surface area contributed by atoms with Gasteiger partial charge in [0.05, 0.1) is 7.11 Å². The maximum atomic E-state index is 6.14. The Balaban J connectivity index is 1.99. The third-order valence-corrected chi connectivity index (χ3v) is 3.27. The summed E-state index contributed by atoms with van der Waals surface area (Å²) in [6, 6.07) is 7.81. The molecule has 0 aliphatic carbocycles. The Labute approximate surface area is 115 Å². The molecule has 1 N–H and O–H groups in total. The van der Waals surface area contributed by atoms with Crippen LogP contribution in [0.1, 0.15) is 13.8 Å². The van der Waals surface area contributed by atoms with E-state index in [4.69, 9.17) is 9.47 Å². The number of piperazine rings is 1. The van der Waals surface area contributed by atoms with Crippen LogP contribution in [0, 0.1) is 0 Å². The zero-order chi connectivity index (χ0) is 13.7. The molecule has 19 heavy (non-hydrogen) atoms. The molecule has 2 rings (SSSR count). The molecular formula is C15H24N2O2. The number of rotatable bonds is 5. The normalized spacial score (nSPS) is 17.2. The van der Waals surface area contributed by atoms with Gasteiger partial charge in [-0.05, 0) is 26.0 Å². The van der Waals surface area contributed by atoms with Gasteiger partial charge in [-0.15, -0.1) is 0 Å². The second-order valence-electron chi connectivity index (χ2n) is 5.54. The van der Waals surface area contributed by atoms with Gasteiger partial charge in [0.15, 0.2) is 11.5 Å². The molecule has 1 saturated heterocycles. The summed E-state index contributed by atoms with van der Waals surface area (Å²) in [6.45, 7) is 9.46. The summed E-state index contributed by atoms with van der Waals surface area (Å²) in [4.78, 5) is 2.44. The fraction of sp³-hybridized carbons (Fsp3) is 0.600. The van der Waals surface area contributed by atoms with Crippen molar-refractivity contribution in [3.8, 4) is 11.5 Å². The van der Waals surface area contributed by atoms with E-state index in [1.165, 1.54) is 0 Å². The fourth-order valence-corrected chi connectivity index (χ4v) is 2.44. The van der Waals surface area contributed by atoms with E-state index in [1.807, 2.05) is 24.3 Å². The number of nitrogens with zero attached hydrogens (tertiary/aromatic N) is 1. The van der Waals surface area contributed by atoms with E-state index in [1.54, 1.807) is 7.11 Å². The predicted octanol–water partition coefficient (Wildman–Crippen LogP) is 1.76. The van der Waals surface area contributed by atoms with E-state index < -0.39 is 0 Å². The fourth-order valence-electron chi connectivity index (χ4n) is 2.44. The summed E-state index contributed by atoms with van der Waals surface area (Å²) in [5.74, 6) is 1.60. The number of ether oxygens (including phenoxy) is 2. The molecule has 1 fully saturated rings. The summed E-state index contributed by atoms with van der Waals surface area (Å²) in [6.07, 6.45) is 0. The van der Waals surface area contributed by atoms with E-state index in [-0.39, 0.29) is 5.60 Å². The molecule has 4 heteroatoms. The Morgan fingerprint density at radius 2 is 1.79 bits per heavy atom. The lowest BCUT2D eigenvalue weighted by atomic mass is 10.1. The third-order valence-electron chi connectivity index (χ3n) is 3.27. The molecule has 1 aliphatic heterocycles. The monoisotopic (exact) mass is 264 g/mol. The van der Waals surface area contributed by atoms with Crippen molar-refractivity contribution < 1.29 is 9.47 Å². The highest BCUT2D eigenvalue weighted by Gasteiger charge is 2.25. The average Bonchev–Trinajstić information content (AvgIpc) is 2.39. The first kappa shape index (κ1) is 14.2. The summed E-state index contributed by atoms with van der Waals surface area (Å²) in [5, 5.41) is 3.37. The van der Waals surface area contributed by atoms with Gasteiger partial charge in [-0.3, -0.25) is 4.90 Å². The molecule has 0 atom stereocenters. The highest BCUT2D eigenvalue weighted by Crippen LogP contribution is 2.29. The maximum Gasteiger partial charge on any atom is 0.162 e. The van der Waals surface area contributed by atoms with Crippen molar-refractivity contribution in [2.24, 2.45) is 0 Å². The lowest BCUT2D eigenvalue weighted by Gasteiger charge is -2.35. The Bertz CT molecular complexity index is 401. The smallest absolute Gasteiger partial charge is 0.162 e. The van der Waals surface area contributed by atoms with Crippen molar-refractivity contribution in [2.45, 2.75) is 19.4 Å². The molecule has 0 bridgehead atoms. The van der Waals surface area contributed by atoms with Gasteiger partial charge in [-0.1, -0.05) is 12.1 Å². The van der Waals surface area contributed by atoms with Gasteiger partial charge < -0.3 is 14.8 Å². The van der Waals surface area contributed by atoms with Crippen LogP contribution in [0.25, 0.3) is 0 Å². The van der Waals surface area contributed by atoms with Gasteiger partial charge in [0, 0.05) is 32.7 Å². The lowest BCUT2D eigenvalue weighted by Crippen LogP contribution is -2.50. The van der Waals surface area contributed by atoms with E-state index in [9.17, 15) is 0 Å². The summed E-state index contributed by atoms with van der Waals surface area (Å²) >= 11 is 0. The number of para-hydroxylation sites is 2. The molecule has 0 radical (unpaired) electrons. The Hall–Kier alpha value is -1.26. The molecule has 0 spiro atoms. The van der Waals surface area contributed by atoms with Crippen LogP contribution in [0.4, 0.5) is 0 Å². The summed E-state index contributed by atoms with van der Waals surface area (Å²) in [7, 11) is 1.67. The molecule has 1 aromatic rings. The quantitative estimate of drug-likeness (QED) is 0.878. The summed E-state index contributed by atoms with van der Waals surface area (Å²) in [5.41, 5.74) is -0.230. The molecule has 0 amide bonds. The van der Waals surface area contributed by atoms with Crippen molar-refractivity contribution in [1.82, 2.24) is 10.2 Å². The minimum Gasteiger partial charge on any atom is -0.493 e. The highest BCUT2D eigenvalue weighted by molar-refractivity contribution is 5.39. The third kappa shape index (κ3) is 4.11.